The van der Waals surface area contributed by atoms with Crippen molar-refractivity contribution in [1.82, 2.24) is 9.34 Å². The Bertz CT molecular complexity index is 418. The van der Waals surface area contributed by atoms with E-state index in [2.05, 4.69) is 56.6 Å². The minimum atomic E-state index is -2.68. The lowest BCUT2D eigenvalue weighted by Gasteiger charge is -2.41. The highest BCUT2D eigenvalue weighted by molar-refractivity contribution is 7.62. The fraction of sp³-hybridized carbons (Fsp3) is 0.800. The van der Waals surface area contributed by atoms with Gasteiger partial charge in [0.15, 0.2) is 0 Å². The predicted octanol–water partition coefficient (Wildman–Crippen LogP) is 4.47. The first-order valence-electron chi connectivity index (χ1n) is 6.96. The molecule has 0 saturated carbocycles. The molecule has 0 N–H and O–H groups in total. The normalized spacial score (nSPS) is 21.3. The Morgan fingerprint density at radius 1 is 1.00 bits per heavy atom. The predicted molar refractivity (Wildman–Crippen MR) is 83.5 cm³/mol. The summed E-state index contributed by atoms with van der Waals surface area (Å²) in [5.74, 6) is 1.81. The van der Waals surface area contributed by atoms with E-state index in [0.717, 1.165) is 18.7 Å². The number of allylic oxidation sites excluding steroid dienone is 1. The summed E-state index contributed by atoms with van der Waals surface area (Å²) in [5, 5.41) is 0. The van der Waals surface area contributed by atoms with E-state index in [1.165, 1.54) is 0 Å². The lowest BCUT2D eigenvalue weighted by molar-refractivity contribution is 0.271. The Morgan fingerprint density at radius 2 is 1.37 bits per heavy atom. The third-order valence-corrected chi connectivity index (χ3v) is 6.73. The molecular weight excluding hydrogens is 255 g/mol. The first kappa shape index (κ1) is 16.7. The average Bonchev–Trinajstić information content (AvgIpc) is 2.52. The molecule has 19 heavy (non-hydrogen) atoms. The van der Waals surface area contributed by atoms with Gasteiger partial charge in [-0.15, -0.1) is 5.73 Å². The van der Waals surface area contributed by atoms with Gasteiger partial charge in [0, 0.05) is 30.0 Å². The van der Waals surface area contributed by atoms with Gasteiger partial charge >= 0.3 is 0 Å². The number of hydrogen-bond donors (Lipinski definition) is 0. The summed E-state index contributed by atoms with van der Waals surface area (Å²) in [6.45, 7) is 18.4. The molecule has 4 heteroatoms. The topological polar surface area (TPSA) is 23.6 Å². The summed E-state index contributed by atoms with van der Waals surface area (Å²) in [6, 6.07) is 0. The molecule has 1 heterocycles. The first-order valence-corrected chi connectivity index (χ1v) is 8.64. The van der Waals surface area contributed by atoms with E-state index in [1.54, 1.807) is 0 Å². The molecule has 0 radical (unpaired) electrons. The van der Waals surface area contributed by atoms with E-state index < -0.39 is 7.44 Å². The summed E-state index contributed by atoms with van der Waals surface area (Å²) in [6.07, 6.45) is 0. The van der Waals surface area contributed by atoms with Crippen molar-refractivity contribution in [2.45, 2.75) is 66.5 Å². The fourth-order valence-corrected chi connectivity index (χ4v) is 5.93. The van der Waals surface area contributed by atoms with E-state index in [4.69, 9.17) is 0 Å². The van der Waals surface area contributed by atoms with Crippen molar-refractivity contribution in [3.63, 3.8) is 0 Å². The van der Waals surface area contributed by atoms with Gasteiger partial charge < -0.3 is 0 Å². The standard InChI is InChI=1S/C15H29N2OP/c1-13(2)9-12-19(18)16(14(3,4)5)10-11-17(19)15(6,7)8/h12H,10-11H2,1-8H3. The molecule has 0 aliphatic carbocycles. The zero-order valence-electron chi connectivity index (χ0n) is 13.7. The van der Waals surface area contributed by atoms with Crippen molar-refractivity contribution in [1.29, 1.82) is 0 Å². The number of hydrogen-bond acceptors (Lipinski definition) is 1. The smallest absolute Gasteiger partial charge is 0.247 e. The van der Waals surface area contributed by atoms with Crippen LogP contribution in [0, 0.1) is 0 Å². The van der Waals surface area contributed by atoms with Crippen molar-refractivity contribution in [2.75, 3.05) is 13.1 Å². The third kappa shape index (κ3) is 3.61. The van der Waals surface area contributed by atoms with Crippen molar-refractivity contribution in [3.05, 3.63) is 17.1 Å². The van der Waals surface area contributed by atoms with Crippen molar-refractivity contribution < 1.29 is 4.57 Å². The molecule has 0 aromatic carbocycles. The van der Waals surface area contributed by atoms with Crippen LogP contribution in [0.5, 0.6) is 0 Å². The van der Waals surface area contributed by atoms with Gasteiger partial charge in [-0.25, -0.2) is 9.34 Å². The zero-order valence-corrected chi connectivity index (χ0v) is 14.6. The molecule has 1 fully saturated rings. The maximum Gasteiger partial charge on any atom is 0.247 e. The Morgan fingerprint density at radius 3 is 1.63 bits per heavy atom. The van der Waals surface area contributed by atoms with Gasteiger partial charge in [0.1, 0.15) is 0 Å². The molecular formula is C15H29N2OP. The Kier molecular flexibility index (Phi) is 4.59. The molecule has 3 nitrogen and oxygen atoms in total. The first-order chi connectivity index (χ1) is 8.39. The second-order valence-corrected chi connectivity index (χ2v) is 9.85. The average molecular weight is 284 g/mol. The SMILES string of the molecule is CC(C)=C=CP1(=O)N(C(C)(C)C)CCN1C(C)(C)C. The molecule has 1 aliphatic rings. The maximum atomic E-state index is 13.6. The molecule has 1 rings (SSSR count). The van der Waals surface area contributed by atoms with Crippen molar-refractivity contribution >= 4 is 7.44 Å². The summed E-state index contributed by atoms with van der Waals surface area (Å²) < 4.78 is 17.9. The largest absolute Gasteiger partial charge is 0.283 e. The van der Waals surface area contributed by atoms with Crippen molar-refractivity contribution in [2.24, 2.45) is 0 Å². The van der Waals surface area contributed by atoms with Crippen LogP contribution < -0.4 is 0 Å². The molecule has 0 amide bonds. The molecule has 1 aliphatic heterocycles. The molecule has 110 valence electrons. The molecule has 1 saturated heterocycles. The second kappa shape index (κ2) is 5.22. The van der Waals surface area contributed by atoms with Crippen LogP contribution >= 0.6 is 7.44 Å². The fourth-order valence-electron chi connectivity index (χ4n) is 2.49. The second-order valence-electron chi connectivity index (χ2n) is 7.45. The van der Waals surface area contributed by atoms with Gasteiger partial charge in [0.2, 0.25) is 7.44 Å². The molecule has 0 aromatic rings. The van der Waals surface area contributed by atoms with Crippen LogP contribution in [0.2, 0.25) is 0 Å². The monoisotopic (exact) mass is 284 g/mol. The summed E-state index contributed by atoms with van der Waals surface area (Å²) in [7, 11) is -2.68. The Labute approximate surface area is 118 Å². The number of rotatable bonds is 1. The van der Waals surface area contributed by atoms with Crippen LogP contribution in [0.3, 0.4) is 0 Å². The van der Waals surface area contributed by atoms with Crippen LogP contribution in [0.25, 0.3) is 0 Å². The summed E-state index contributed by atoms with van der Waals surface area (Å²) in [5.41, 5.74) is 4.03. The van der Waals surface area contributed by atoms with Crippen LogP contribution in [-0.2, 0) is 4.57 Å². The van der Waals surface area contributed by atoms with E-state index in [1.807, 2.05) is 19.7 Å². The highest BCUT2D eigenvalue weighted by Gasteiger charge is 2.49. The molecule has 0 bridgehead atoms. The van der Waals surface area contributed by atoms with Gasteiger partial charge in [-0.3, -0.25) is 4.57 Å². The molecule has 0 aromatic heterocycles. The summed E-state index contributed by atoms with van der Waals surface area (Å²) >= 11 is 0. The summed E-state index contributed by atoms with van der Waals surface area (Å²) in [4.78, 5) is 0. The Balaban J connectivity index is 3.35. The van der Waals surface area contributed by atoms with Gasteiger partial charge in [0.25, 0.3) is 0 Å². The van der Waals surface area contributed by atoms with Crippen LogP contribution in [0.15, 0.2) is 17.1 Å². The highest BCUT2D eigenvalue weighted by atomic mass is 31.2. The van der Waals surface area contributed by atoms with Crippen LogP contribution in [0.1, 0.15) is 55.4 Å². The molecule has 0 spiro atoms. The van der Waals surface area contributed by atoms with Gasteiger partial charge in [-0.05, 0) is 61.0 Å². The van der Waals surface area contributed by atoms with E-state index in [-0.39, 0.29) is 11.1 Å². The lowest BCUT2D eigenvalue weighted by Crippen LogP contribution is -2.39. The van der Waals surface area contributed by atoms with Gasteiger partial charge in [-0.2, -0.15) is 0 Å². The molecule has 0 unspecified atom stereocenters. The van der Waals surface area contributed by atoms with Crippen LogP contribution in [-0.4, -0.2) is 33.5 Å². The lowest BCUT2D eigenvalue weighted by atomic mass is 10.1. The maximum absolute atomic E-state index is 13.6. The van der Waals surface area contributed by atoms with Crippen molar-refractivity contribution in [3.8, 4) is 0 Å². The van der Waals surface area contributed by atoms with E-state index in [9.17, 15) is 4.57 Å². The molecule has 0 atom stereocenters. The number of nitrogens with zero attached hydrogens (tertiary/aromatic N) is 2. The quantitative estimate of drug-likeness (QED) is 0.524. The minimum Gasteiger partial charge on any atom is -0.283 e. The van der Waals surface area contributed by atoms with Gasteiger partial charge in [0.05, 0.1) is 0 Å². The van der Waals surface area contributed by atoms with E-state index in [0.29, 0.717) is 0 Å². The third-order valence-electron chi connectivity index (χ3n) is 3.29. The van der Waals surface area contributed by atoms with E-state index >= 15 is 0 Å². The van der Waals surface area contributed by atoms with Gasteiger partial charge in [-0.1, -0.05) is 0 Å². The zero-order chi connectivity index (χ0) is 15.1. The highest BCUT2D eigenvalue weighted by Crippen LogP contribution is 2.63. The minimum absolute atomic E-state index is 0.102. The Hall–Kier alpha value is -0.330. The van der Waals surface area contributed by atoms with Crippen LogP contribution in [0.4, 0.5) is 0 Å².